The minimum Gasteiger partial charge on any atom is -0.481 e. The number of nitrogens with zero attached hydrogens (tertiary/aromatic N) is 1. The molecule has 2 atom stereocenters. The molecule has 3 rings (SSSR count). The van der Waals surface area contributed by atoms with Crippen LogP contribution >= 0.6 is 0 Å². The maximum absolute atomic E-state index is 13.5. The molecule has 0 aliphatic heterocycles. The number of carboxylic acid groups (broad SMARTS) is 1. The Bertz CT molecular complexity index is 1050. The van der Waals surface area contributed by atoms with Crippen molar-refractivity contribution in [1.82, 2.24) is 4.57 Å². The number of aliphatic carboxylic acids is 1. The Kier molecular flexibility index (Phi) is 6.70. The van der Waals surface area contributed by atoms with Gasteiger partial charge in [0.25, 0.3) is 0 Å². The fourth-order valence-corrected chi connectivity index (χ4v) is 3.77. The summed E-state index contributed by atoms with van der Waals surface area (Å²) in [6, 6.07) is 14.4. The first-order chi connectivity index (χ1) is 14.3. The number of carboxylic acids is 1. The lowest BCUT2D eigenvalue weighted by molar-refractivity contribution is -0.139. The Balaban J connectivity index is 2.08. The van der Waals surface area contributed by atoms with E-state index in [1.807, 2.05) is 24.3 Å². The monoisotopic (exact) mass is 411 g/mol. The third-order valence-electron chi connectivity index (χ3n) is 5.00. The smallest absolute Gasteiger partial charge is 0.305 e. The van der Waals surface area contributed by atoms with Crippen molar-refractivity contribution in [3.63, 3.8) is 0 Å². The second-order valence-electron chi connectivity index (χ2n) is 7.66. The normalized spacial score (nSPS) is 13.9. The number of carbonyl (C=O) groups is 1. The fourth-order valence-electron chi connectivity index (χ4n) is 3.77. The van der Waals surface area contributed by atoms with Crippen molar-refractivity contribution in [3.05, 3.63) is 66.1 Å². The van der Waals surface area contributed by atoms with Crippen molar-refractivity contribution in [2.75, 3.05) is 0 Å². The second-order valence-corrected chi connectivity index (χ2v) is 7.66. The van der Waals surface area contributed by atoms with E-state index in [9.17, 15) is 19.4 Å². The Hall–Kier alpha value is -2.96. The van der Waals surface area contributed by atoms with Crippen LogP contribution in [-0.2, 0) is 4.79 Å². The predicted molar refractivity (Wildman–Crippen MR) is 116 cm³/mol. The number of aliphatic hydroxyl groups is 2. The van der Waals surface area contributed by atoms with Gasteiger partial charge in [0, 0.05) is 34.6 Å². The number of hydrogen-bond donors (Lipinski definition) is 3. The van der Waals surface area contributed by atoms with Crippen molar-refractivity contribution in [2.45, 2.75) is 44.9 Å². The predicted octanol–water partition coefficient (Wildman–Crippen LogP) is 4.63. The fraction of sp³-hybridized carbons (Fsp3) is 0.292. The van der Waals surface area contributed by atoms with Crippen LogP contribution in [0.15, 0.2) is 54.6 Å². The van der Waals surface area contributed by atoms with Gasteiger partial charge in [-0.3, -0.25) is 4.79 Å². The van der Waals surface area contributed by atoms with E-state index < -0.39 is 24.6 Å². The highest BCUT2D eigenvalue weighted by Gasteiger charge is 2.19. The molecule has 5 nitrogen and oxygen atoms in total. The summed E-state index contributed by atoms with van der Waals surface area (Å²) in [5.74, 6) is -1.43. The van der Waals surface area contributed by atoms with E-state index in [1.54, 1.807) is 24.3 Å². The summed E-state index contributed by atoms with van der Waals surface area (Å²) in [4.78, 5) is 10.7. The van der Waals surface area contributed by atoms with E-state index in [2.05, 4.69) is 18.4 Å². The van der Waals surface area contributed by atoms with E-state index in [0.717, 1.165) is 27.7 Å². The highest BCUT2D eigenvalue weighted by Crippen LogP contribution is 2.38. The molecule has 1 aromatic heterocycles. The summed E-state index contributed by atoms with van der Waals surface area (Å²) in [7, 11) is 0. The van der Waals surface area contributed by atoms with Gasteiger partial charge in [0.1, 0.15) is 5.82 Å². The largest absolute Gasteiger partial charge is 0.481 e. The van der Waals surface area contributed by atoms with E-state index in [1.165, 1.54) is 12.1 Å². The van der Waals surface area contributed by atoms with Gasteiger partial charge in [-0.25, -0.2) is 4.39 Å². The van der Waals surface area contributed by atoms with Crippen LogP contribution in [0.5, 0.6) is 0 Å². The number of hydrogen-bond acceptors (Lipinski definition) is 3. The highest BCUT2D eigenvalue weighted by atomic mass is 19.1. The average Bonchev–Trinajstić information content (AvgIpc) is 3.00. The van der Waals surface area contributed by atoms with Gasteiger partial charge in [-0.1, -0.05) is 36.4 Å². The third kappa shape index (κ3) is 4.78. The quantitative estimate of drug-likeness (QED) is 0.505. The van der Waals surface area contributed by atoms with Crippen LogP contribution in [0.3, 0.4) is 0 Å². The van der Waals surface area contributed by atoms with Crippen molar-refractivity contribution < 1.29 is 24.5 Å². The summed E-state index contributed by atoms with van der Waals surface area (Å²) >= 11 is 0. The number of rotatable bonds is 8. The molecule has 3 aromatic rings. The molecule has 0 saturated carbocycles. The van der Waals surface area contributed by atoms with Crippen LogP contribution in [0.1, 0.15) is 38.4 Å². The molecule has 1 unspecified atom stereocenters. The van der Waals surface area contributed by atoms with E-state index in [0.29, 0.717) is 0 Å². The molecule has 158 valence electrons. The maximum Gasteiger partial charge on any atom is 0.305 e. The molecule has 0 aliphatic rings. The van der Waals surface area contributed by atoms with Gasteiger partial charge in [0.05, 0.1) is 18.6 Å². The third-order valence-corrected chi connectivity index (χ3v) is 5.00. The standard InChI is InChI=1S/C24H26FNO4/c1-15(2)26-21-6-4-3-5-20(21)24(16-7-9-17(25)10-8-16)22(26)12-11-18(27)13-19(28)14-23(29)30/h3-12,15,18-19,27-28H,13-14H2,1-2H3,(H,29,30)/t18?,19-/m1/s1. The van der Waals surface area contributed by atoms with Gasteiger partial charge in [0.2, 0.25) is 0 Å². The molecule has 2 aromatic carbocycles. The first kappa shape index (κ1) is 21.7. The van der Waals surface area contributed by atoms with Crippen molar-refractivity contribution in [1.29, 1.82) is 0 Å². The molecule has 3 N–H and O–H groups in total. The molecule has 30 heavy (non-hydrogen) atoms. The van der Waals surface area contributed by atoms with Crippen LogP contribution in [0.4, 0.5) is 4.39 Å². The lowest BCUT2D eigenvalue weighted by atomic mass is 10.0. The zero-order valence-electron chi connectivity index (χ0n) is 17.0. The molecule has 0 fully saturated rings. The Morgan fingerprint density at radius 2 is 1.77 bits per heavy atom. The van der Waals surface area contributed by atoms with Gasteiger partial charge in [0.15, 0.2) is 0 Å². The summed E-state index contributed by atoms with van der Waals surface area (Å²) in [6.07, 6.45) is 0.727. The van der Waals surface area contributed by atoms with Gasteiger partial charge in [-0.2, -0.15) is 0 Å². The zero-order valence-corrected chi connectivity index (χ0v) is 17.0. The second kappa shape index (κ2) is 9.24. The Morgan fingerprint density at radius 3 is 2.40 bits per heavy atom. The minimum atomic E-state index is -1.13. The molecule has 0 spiro atoms. The van der Waals surface area contributed by atoms with E-state index >= 15 is 0 Å². The van der Waals surface area contributed by atoms with E-state index in [4.69, 9.17) is 5.11 Å². The average molecular weight is 411 g/mol. The van der Waals surface area contributed by atoms with Gasteiger partial charge >= 0.3 is 5.97 Å². The van der Waals surface area contributed by atoms with Crippen molar-refractivity contribution >= 4 is 22.9 Å². The molecular weight excluding hydrogens is 385 g/mol. The summed E-state index contributed by atoms with van der Waals surface area (Å²) in [6.45, 7) is 4.12. The first-order valence-electron chi connectivity index (χ1n) is 9.93. The van der Waals surface area contributed by atoms with Gasteiger partial charge in [-0.15, -0.1) is 0 Å². The van der Waals surface area contributed by atoms with E-state index in [-0.39, 0.29) is 18.3 Å². The maximum atomic E-state index is 13.5. The molecule has 1 heterocycles. The Morgan fingerprint density at radius 1 is 1.10 bits per heavy atom. The number of benzene rings is 2. The lowest BCUT2D eigenvalue weighted by Gasteiger charge is -2.15. The molecule has 0 amide bonds. The van der Waals surface area contributed by atoms with Crippen LogP contribution in [0.25, 0.3) is 28.1 Å². The lowest BCUT2D eigenvalue weighted by Crippen LogP contribution is -2.19. The summed E-state index contributed by atoms with van der Waals surface area (Å²) in [5, 5.41) is 29.9. The minimum absolute atomic E-state index is 0.0728. The SMILES string of the molecule is CC(C)n1c(C=CC(O)C[C@@H](O)CC(=O)O)c(-c2ccc(F)cc2)c2ccccc21. The molecular formula is C24H26FNO4. The van der Waals surface area contributed by atoms with Crippen molar-refractivity contribution in [2.24, 2.45) is 0 Å². The molecule has 0 aliphatic carbocycles. The van der Waals surface area contributed by atoms with Crippen molar-refractivity contribution in [3.8, 4) is 11.1 Å². The first-order valence-corrected chi connectivity index (χ1v) is 9.93. The Labute approximate surface area is 174 Å². The number of aliphatic hydroxyl groups excluding tert-OH is 2. The highest BCUT2D eigenvalue weighted by molar-refractivity contribution is 6.01. The molecule has 6 heteroatoms. The van der Waals surface area contributed by atoms with Crippen LogP contribution in [0, 0.1) is 5.82 Å². The summed E-state index contributed by atoms with van der Waals surface area (Å²) in [5.41, 5.74) is 3.65. The zero-order chi connectivity index (χ0) is 21.8. The van der Waals surface area contributed by atoms with Gasteiger partial charge < -0.3 is 19.9 Å². The molecule has 0 radical (unpaired) electrons. The number of aromatic nitrogens is 1. The van der Waals surface area contributed by atoms with Crippen LogP contribution < -0.4 is 0 Å². The summed E-state index contributed by atoms with van der Waals surface area (Å²) < 4.78 is 15.6. The topological polar surface area (TPSA) is 82.7 Å². The number of halogens is 1. The number of fused-ring (bicyclic) bond motifs is 1. The molecule has 0 saturated heterocycles. The molecule has 0 bridgehead atoms. The van der Waals surface area contributed by atoms with Crippen LogP contribution in [-0.4, -0.2) is 38.1 Å². The number of para-hydroxylation sites is 1. The van der Waals surface area contributed by atoms with Crippen LogP contribution in [0.2, 0.25) is 0 Å². The van der Waals surface area contributed by atoms with Gasteiger partial charge in [-0.05, 0) is 43.7 Å².